The first-order valence-corrected chi connectivity index (χ1v) is 8.05. The van der Waals surface area contributed by atoms with Gasteiger partial charge in [-0.05, 0) is 49.7 Å². The van der Waals surface area contributed by atoms with E-state index in [9.17, 15) is 18.0 Å². The predicted octanol–water partition coefficient (Wildman–Crippen LogP) is 3.15. The third-order valence-electron chi connectivity index (χ3n) is 3.57. The number of amides is 1. The molecule has 1 heterocycles. The lowest BCUT2D eigenvalue weighted by Gasteiger charge is -2.22. The standard InChI is InChI=1S/C18H20F3N3O2/c1-12-6-7-13(15(11-12)26-10-4-8-22)17(25)24-16(18(19,20)21)14-5-2-3-9-23-14/h2-3,5-7,9,11,16H,4,8,10,22H2,1H3,(H,24,25)/t16-/m1/s1. The van der Waals surface area contributed by atoms with Crippen LogP contribution in [0.2, 0.25) is 0 Å². The number of ether oxygens (including phenoxy) is 1. The SMILES string of the molecule is Cc1ccc(C(=O)N[C@H](c2ccccn2)C(F)(F)F)c(OCCCN)c1. The van der Waals surface area contributed by atoms with Crippen LogP contribution in [0.3, 0.4) is 0 Å². The molecule has 8 heteroatoms. The molecule has 3 N–H and O–H groups in total. The van der Waals surface area contributed by atoms with Crippen LogP contribution in [0.25, 0.3) is 0 Å². The van der Waals surface area contributed by atoms with Crippen LogP contribution in [0.5, 0.6) is 5.75 Å². The molecule has 2 aromatic rings. The van der Waals surface area contributed by atoms with Crippen molar-refractivity contribution in [2.75, 3.05) is 13.2 Å². The van der Waals surface area contributed by atoms with Crippen molar-refractivity contribution in [3.05, 3.63) is 59.4 Å². The molecule has 0 spiro atoms. The van der Waals surface area contributed by atoms with Crippen molar-refractivity contribution in [1.82, 2.24) is 10.3 Å². The number of carbonyl (C=O) groups is 1. The smallest absolute Gasteiger partial charge is 0.414 e. The van der Waals surface area contributed by atoms with Gasteiger partial charge in [0.15, 0.2) is 6.04 Å². The number of carbonyl (C=O) groups excluding carboxylic acids is 1. The molecule has 26 heavy (non-hydrogen) atoms. The van der Waals surface area contributed by atoms with Gasteiger partial charge in [0.25, 0.3) is 5.91 Å². The molecule has 0 radical (unpaired) electrons. The number of nitrogens with one attached hydrogen (secondary N) is 1. The molecule has 0 aliphatic heterocycles. The molecule has 1 aromatic heterocycles. The number of rotatable bonds is 7. The number of pyridine rings is 1. The topological polar surface area (TPSA) is 77.2 Å². The average molecular weight is 367 g/mol. The van der Waals surface area contributed by atoms with E-state index < -0.39 is 18.1 Å². The van der Waals surface area contributed by atoms with Crippen molar-refractivity contribution in [3.8, 4) is 5.75 Å². The third-order valence-corrected chi connectivity index (χ3v) is 3.57. The van der Waals surface area contributed by atoms with Gasteiger partial charge in [-0.25, -0.2) is 0 Å². The summed E-state index contributed by atoms with van der Waals surface area (Å²) in [4.78, 5) is 16.2. The average Bonchev–Trinajstić information content (AvgIpc) is 2.59. The molecule has 0 aliphatic rings. The van der Waals surface area contributed by atoms with Crippen LogP contribution in [0, 0.1) is 6.92 Å². The number of aromatic nitrogens is 1. The Labute approximate surface area is 149 Å². The van der Waals surface area contributed by atoms with Crippen molar-refractivity contribution < 1.29 is 22.7 Å². The van der Waals surface area contributed by atoms with Gasteiger partial charge in [0.1, 0.15) is 5.75 Å². The van der Waals surface area contributed by atoms with Crippen LogP contribution >= 0.6 is 0 Å². The lowest BCUT2D eigenvalue weighted by atomic mass is 10.1. The summed E-state index contributed by atoms with van der Waals surface area (Å²) in [6.45, 7) is 2.47. The highest BCUT2D eigenvalue weighted by Gasteiger charge is 2.43. The maximum absolute atomic E-state index is 13.4. The van der Waals surface area contributed by atoms with E-state index in [0.717, 1.165) is 5.56 Å². The fraction of sp³-hybridized carbons (Fsp3) is 0.333. The Morgan fingerprint density at radius 3 is 2.69 bits per heavy atom. The predicted molar refractivity (Wildman–Crippen MR) is 90.8 cm³/mol. The van der Waals surface area contributed by atoms with Crippen molar-refractivity contribution >= 4 is 5.91 Å². The van der Waals surface area contributed by atoms with Crippen LogP contribution in [0.1, 0.15) is 34.1 Å². The number of nitrogens with zero attached hydrogens (tertiary/aromatic N) is 1. The number of alkyl halides is 3. The summed E-state index contributed by atoms with van der Waals surface area (Å²) in [5.41, 5.74) is 5.97. The van der Waals surface area contributed by atoms with Crippen LogP contribution in [-0.2, 0) is 0 Å². The van der Waals surface area contributed by atoms with Gasteiger partial charge in [0.05, 0.1) is 17.9 Å². The molecule has 0 saturated carbocycles. The zero-order valence-corrected chi connectivity index (χ0v) is 14.2. The highest BCUT2D eigenvalue weighted by atomic mass is 19.4. The van der Waals surface area contributed by atoms with E-state index >= 15 is 0 Å². The normalized spacial score (nSPS) is 12.5. The molecule has 0 fully saturated rings. The zero-order valence-electron chi connectivity index (χ0n) is 14.2. The van der Waals surface area contributed by atoms with E-state index in [2.05, 4.69) is 4.98 Å². The Balaban J connectivity index is 2.27. The molecule has 1 amide bonds. The maximum Gasteiger partial charge on any atom is 0.414 e. The van der Waals surface area contributed by atoms with Crippen LogP contribution in [0.4, 0.5) is 13.2 Å². The van der Waals surface area contributed by atoms with Crippen molar-refractivity contribution in [1.29, 1.82) is 0 Å². The van der Waals surface area contributed by atoms with Crippen LogP contribution < -0.4 is 15.8 Å². The first kappa shape index (κ1) is 19.7. The monoisotopic (exact) mass is 367 g/mol. The summed E-state index contributed by atoms with van der Waals surface area (Å²) in [7, 11) is 0. The number of hydrogen-bond acceptors (Lipinski definition) is 4. The van der Waals surface area contributed by atoms with Crippen molar-refractivity contribution in [3.63, 3.8) is 0 Å². The lowest BCUT2D eigenvalue weighted by molar-refractivity contribution is -0.156. The summed E-state index contributed by atoms with van der Waals surface area (Å²) in [5, 5.41) is 2.01. The Kier molecular flexibility index (Phi) is 6.57. The van der Waals surface area contributed by atoms with Crippen LogP contribution in [-0.4, -0.2) is 30.2 Å². The first-order chi connectivity index (χ1) is 12.3. The molecule has 0 saturated heterocycles. The number of halogens is 3. The van der Waals surface area contributed by atoms with Gasteiger partial charge in [-0.15, -0.1) is 0 Å². The highest BCUT2D eigenvalue weighted by Crippen LogP contribution is 2.32. The highest BCUT2D eigenvalue weighted by molar-refractivity contribution is 5.97. The zero-order chi connectivity index (χ0) is 19.2. The summed E-state index contributed by atoms with van der Waals surface area (Å²) in [6.07, 6.45) is -2.88. The molecule has 0 bridgehead atoms. The number of benzene rings is 1. The van der Waals surface area contributed by atoms with Crippen LogP contribution in [0.15, 0.2) is 42.6 Å². The maximum atomic E-state index is 13.4. The lowest BCUT2D eigenvalue weighted by Crippen LogP contribution is -2.38. The third kappa shape index (κ3) is 5.19. The Hall–Kier alpha value is -2.61. The molecule has 1 atom stereocenters. The van der Waals surface area contributed by atoms with Gasteiger partial charge >= 0.3 is 6.18 Å². The molecule has 2 rings (SSSR count). The van der Waals surface area contributed by atoms with Gasteiger partial charge in [0.2, 0.25) is 0 Å². The number of nitrogens with two attached hydrogens (primary N) is 1. The van der Waals surface area contributed by atoms with E-state index in [1.165, 1.54) is 30.5 Å². The summed E-state index contributed by atoms with van der Waals surface area (Å²) >= 11 is 0. The van der Waals surface area contributed by atoms with Gasteiger partial charge in [-0.3, -0.25) is 9.78 Å². The van der Waals surface area contributed by atoms with Gasteiger partial charge in [-0.2, -0.15) is 13.2 Å². The number of aryl methyl sites for hydroxylation is 1. The van der Waals surface area contributed by atoms with E-state index in [1.807, 2.05) is 5.32 Å². The van der Waals surface area contributed by atoms with Crippen molar-refractivity contribution in [2.45, 2.75) is 25.6 Å². The number of hydrogen-bond donors (Lipinski definition) is 2. The Morgan fingerprint density at radius 1 is 1.31 bits per heavy atom. The second-order valence-electron chi connectivity index (χ2n) is 5.69. The molecule has 140 valence electrons. The minimum atomic E-state index is -4.69. The molecular weight excluding hydrogens is 347 g/mol. The fourth-order valence-corrected chi connectivity index (χ4v) is 2.28. The summed E-state index contributed by atoms with van der Waals surface area (Å²) in [5.74, 6) is -0.668. The van der Waals surface area contributed by atoms with Gasteiger partial charge in [-0.1, -0.05) is 12.1 Å². The molecule has 0 aliphatic carbocycles. The summed E-state index contributed by atoms with van der Waals surface area (Å²) in [6, 6.07) is 6.61. The minimum absolute atomic E-state index is 0.0257. The van der Waals surface area contributed by atoms with E-state index in [4.69, 9.17) is 10.5 Å². The van der Waals surface area contributed by atoms with E-state index in [-0.39, 0.29) is 23.6 Å². The molecular formula is C18H20F3N3O2. The van der Waals surface area contributed by atoms with Crippen molar-refractivity contribution in [2.24, 2.45) is 5.73 Å². The van der Waals surface area contributed by atoms with Gasteiger partial charge < -0.3 is 15.8 Å². The second kappa shape index (κ2) is 8.66. The quantitative estimate of drug-likeness (QED) is 0.737. The first-order valence-electron chi connectivity index (χ1n) is 8.05. The molecule has 5 nitrogen and oxygen atoms in total. The van der Waals surface area contributed by atoms with E-state index in [1.54, 1.807) is 19.1 Å². The van der Waals surface area contributed by atoms with E-state index in [0.29, 0.717) is 13.0 Å². The Morgan fingerprint density at radius 2 is 2.08 bits per heavy atom. The largest absolute Gasteiger partial charge is 0.493 e. The van der Waals surface area contributed by atoms with Gasteiger partial charge in [0, 0.05) is 6.20 Å². The Bertz CT molecular complexity index is 736. The molecule has 1 aromatic carbocycles. The summed E-state index contributed by atoms with van der Waals surface area (Å²) < 4.78 is 45.7. The minimum Gasteiger partial charge on any atom is -0.493 e. The molecule has 0 unspecified atom stereocenters. The fourth-order valence-electron chi connectivity index (χ4n) is 2.28. The second-order valence-corrected chi connectivity index (χ2v) is 5.69.